The third-order valence-corrected chi connectivity index (χ3v) is 8.26. The maximum absolute atomic E-state index is 13.1. The molecule has 15 nitrogen and oxygen atoms in total. The van der Waals surface area contributed by atoms with Crippen LogP contribution in [0.2, 0.25) is 0 Å². The van der Waals surface area contributed by atoms with Gasteiger partial charge in [-0.05, 0) is 16.0 Å². The van der Waals surface area contributed by atoms with E-state index in [-0.39, 0.29) is 46.9 Å². The third-order valence-electron chi connectivity index (χ3n) is 5.10. The first-order valence-electron chi connectivity index (χ1n) is 10.7. The summed E-state index contributed by atoms with van der Waals surface area (Å²) in [6, 6.07) is -1.03. The van der Waals surface area contributed by atoms with E-state index in [1.54, 1.807) is 0 Å². The molecule has 0 spiro atoms. The molecule has 2 aliphatic rings. The Balaban J connectivity index is 1.49. The summed E-state index contributed by atoms with van der Waals surface area (Å²) >= 11 is 3.52. The van der Waals surface area contributed by atoms with Gasteiger partial charge in [0.05, 0.1) is 0 Å². The fourth-order valence-corrected chi connectivity index (χ4v) is 6.50. The van der Waals surface area contributed by atoms with Crippen LogP contribution in [0.5, 0.6) is 0 Å². The van der Waals surface area contributed by atoms with Crippen LogP contribution in [-0.2, 0) is 30.6 Å². The minimum absolute atomic E-state index is 0.0800. The first kappa shape index (κ1) is 27.6. The molecule has 1 saturated heterocycles. The number of anilines is 1. The number of terminal acetylenes is 2. The number of oxime groups is 1. The minimum atomic E-state index is -1.28. The molecule has 0 aromatic carbocycles. The molecule has 0 saturated carbocycles. The Kier molecular flexibility index (Phi) is 8.81. The van der Waals surface area contributed by atoms with Crippen LogP contribution in [-0.4, -0.2) is 94.6 Å². The van der Waals surface area contributed by atoms with E-state index in [4.69, 9.17) is 17.7 Å². The number of thioether (sulfide) groups is 2. The maximum Gasteiger partial charge on any atom is 0.352 e. The quantitative estimate of drug-likeness (QED) is 0.0534. The molecule has 200 valence electrons. The SMILES string of the molecule is C#CCON=C(C(=O)NC1C(=O)N2C(C(=O)O)=C(CSc3nnnn3CC#C)CS[C@H]12)c1csc(NC=O)n1. The summed E-state index contributed by atoms with van der Waals surface area (Å²) in [4.78, 5) is 59.1. The van der Waals surface area contributed by atoms with E-state index in [0.717, 1.165) is 16.2 Å². The highest BCUT2D eigenvalue weighted by molar-refractivity contribution is 8.01. The largest absolute Gasteiger partial charge is 0.477 e. The number of rotatable bonds is 12. The molecule has 0 bridgehead atoms. The fourth-order valence-electron chi connectivity index (χ4n) is 3.48. The number of amides is 3. The van der Waals surface area contributed by atoms with E-state index in [1.807, 2.05) is 0 Å². The highest BCUT2D eigenvalue weighted by Crippen LogP contribution is 2.41. The molecular formula is C21H17N9O6S3. The van der Waals surface area contributed by atoms with E-state index in [0.29, 0.717) is 17.1 Å². The molecule has 0 aliphatic carbocycles. The molecule has 3 amide bonds. The first-order valence-corrected chi connectivity index (χ1v) is 13.6. The van der Waals surface area contributed by atoms with Crippen LogP contribution in [0.15, 0.2) is 27.0 Å². The molecule has 0 radical (unpaired) electrons. The number of carbonyl (C=O) groups is 4. The summed E-state index contributed by atoms with van der Waals surface area (Å²) < 4.78 is 1.40. The molecule has 2 atom stereocenters. The number of nitrogens with zero attached hydrogens (tertiary/aromatic N) is 7. The number of aliphatic carboxylic acids is 1. The van der Waals surface area contributed by atoms with Crippen molar-refractivity contribution in [3.05, 3.63) is 22.3 Å². The highest BCUT2D eigenvalue weighted by Gasteiger charge is 2.54. The van der Waals surface area contributed by atoms with Gasteiger partial charge in [0.15, 0.2) is 17.5 Å². The van der Waals surface area contributed by atoms with Crippen LogP contribution < -0.4 is 10.6 Å². The van der Waals surface area contributed by atoms with Crippen LogP contribution in [0.1, 0.15) is 5.69 Å². The average Bonchev–Trinajstić information content (AvgIpc) is 3.57. The van der Waals surface area contributed by atoms with Crippen molar-refractivity contribution in [2.24, 2.45) is 5.16 Å². The lowest BCUT2D eigenvalue weighted by Crippen LogP contribution is -2.71. The Hall–Kier alpha value is -4.39. The van der Waals surface area contributed by atoms with Gasteiger partial charge >= 0.3 is 5.97 Å². The molecule has 18 heteroatoms. The summed E-state index contributed by atoms with van der Waals surface area (Å²) in [6.45, 7) is -0.0739. The van der Waals surface area contributed by atoms with Gasteiger partial charge in [0.1, 0.15) is 29.4 Å². The van der Waals surface area contributed by atoms with Gasteiger partial charge in [0, 0.05) is 16.9 Å². The van der Waals surface area contributed by atoms with Gasteiger partial charge in [-0.3, -0.25) is 19.3 Å². The predicted molar refractivity (Wildman–Crippen MR) is 140 cm³/mol. The minimum Gasteiger partial charge on any atom is -0.477 e. The Morgan fingerprint density at radius 2 is 2.21 bits per heavy atom. The van der Waals surface area contributed by atoms with Crippen LogP contribution >= 0.6 is 34.9 Å². The summed E-state index contributed by atoms with van der Waals surface area (Å²) in [5, 5.41) is 31.2. The zero-order valence-corrected chi connectivity index (χ0v) is 22.1. The number of carboxylic acid groups (broad SMARTS) is 1. The van der Waals surface area contributed by atoms with Crippen molar-refractivity contribution >= 4 is 69.9 Å². The summed E-state index contributed by atoms with van der Waals surface area (Å²) in [5.41, 5.74) is 0.137. The Labute approximate surface area is 232 Å². The average molecular weight is 588 g/mol. The molecule has 39 heavy (non-hydrogen) atoms. The Morgan fingerprint density at radius 3 is 2.92 bits per heavy atom. The molecule has 2 aromatic rings. The van der Waals surface area contributed by atoms with Crippen LogP contribution in [0.3, 0.4) is 0 Å². The first-order chi connectivity index (χ1) is 18.9. The number of nitrogens with one attached hydrogen (secondary N) is 2. The molecule has 4 rings (SSSR count). The second-order valence-corrected chi connectivity index (χ2v) is 10.4. The molecule has 4 heterocycles. The smallest absolute Gasteiger partial charge is 0.352 e. The Morgan fingerprint density at radius 1 is 1.38 bits per heavy atom. The van der Waals surface area contributed by atoms with Gasteiger partial charge in [-0.15, -0.1) is 41.0 Å². The lowest BCUT2D eigenvalue weighted by molar-refractivity contribution is -0.150. The van der Waals surface area contributed by atoms with Crippen molar-refractivity contribution in [3.63, 3.8) is 0 Å². The number of hydrogen-bond acceptors (Lipinski definition) is 13. The second-order valence-electron chi connectivity index (χ2n) is 7.45. The normalized spacial score (nSPS) is 18.4. The summed E-state index contributed by atoms with van der Waals surface area (Å²) in [7, 11) is 0. The summed E-state index contributed by atoms with van der Waals surface area (Å²) in [5.74, 6) is 2.44. The van der Waals surface area contributed by atoms with E-state index >= 15 is 0 Å². The number of thiazole rings is 1. The summed E-state index contributed by atoms with van der Waals surface area (Å²) in [6.07, 6.45) is 10.9. The van der Waals surface area contributed by atoms with Gasteiger partial charge in [0.25, 0.3) is 11.8 Å². The van der Waals surface area contributed by atoms with E-state index in [9.17, 15) is 24.3 Å². The topological polar surface area (TPSA) is 194 Å². The zero-order chi connectivity index (χ0) is 27.9. The molecular weight excluding hydrogens is 570 g/mol. The number of carbonyl (C=O) groups excluding carboxylic acids is 3. The lowest BCUT2D eigenvalue weighted by atomic mass is 10.0. The number of β-lactam (4-membered cyclic amide) rings is 1. The van der Waals surface area contributed by atoms with Crippen molar-refractivity contribution in [2.75, 3.05) is 23.4 Å². The van der Waals surface area contributed by atoms with Gasteiger partial charge in [-0.2, -0.15) is 0 Å². The van der Waals surface area contributed by atoms with Gasteiger partial charge < -0.3 is 20.6 Å². The van der Waals surface area contributed by atoms with Crippen LogP contribution in [0, 0.1) is 24.7 Å². The molecule has 1 unspecified atom stereocenters. The number of carboxylic acids is 1. The molecule has 2 aliphatic heterocycles. The maximum atomic E-state index is 13.1. The molecule has 1 fully saturated rings. The van der Waals surface area contributed by atoms with E-state index in [2.05, 4.69) is 48.1 Å². The standard InChI is InChI=1S/C21H17N9O6S3/c1-3-5-29-21(25-27-28-29)39-8-11-7-37-18-14(17(33)30(18)15(11)19(34)35)24-16(32)13(26-36-6-4-2)12-9-38-20(23-12)22-10-31/h1-2,9-10,14,18H,5-8H2,(H,24,32)(H,34,35)(H,22,23,31)/t14?,18-/m1/s1. The van der Waals surface area contributed by atoms with Crippen molar-refractivity contribution in [1.29, 1.82) is 0 Å². The number of tetrazole rings is 1. The number of hydrogen-bond donors (Lipinski definition) is 3. The highest BCUT2D eigenvalue weighted by atomic mass is 32.2. The Bertz CT molecular complexity index is 1450. The van der Waals surface area contributed by atoms with Crippen molar-refractivity contribution < 1.29 is 29.1 Å². The second kappa shape index (κ2) is 12.4. The predicted octanol–water partition coefficient (Wildman–Crippen LogP) is -0.784. The van der Waals surface area contributed by atoms with Gasteiger partial charge in [-0.25, -0.2) is 14.5 Å². The molecule has 3 N–H and O–H groups in total. The fraction of sp³-hybridized carbons (Fsp3) is 0.286. The van der Waals surface area contributed by atoms with Crippen molar-refractivity contribution in [1.82, 2.24) is 35.4 Å². The monoisotopic (exact) mass is 587 g/mol. The zero-order valence-electron chi connectivity index (χ0n) is 19.6. The van der Waals surface area contributed by atoms with E-state index < -0.39 is 29.2 Å². The molecule has 2 aromatic heterocycles. The van der Waals surface area contributed by atoms with Crippen molar-refractivity contribution in [3.8, 4) is 24.7 Å². The van der Waals surface area contributed by atoms with Crippen LogP contribution in [0.25, 0.3) is 0 Å². The number of fused-ring (bicyclic) bond motifs is 1. The van der Waals surface area contributed by atoms with Gasteiger partial charge in [-0.1, -0.05) is 28.8 Å². The van der Waals surface area contributed by atoms with Crippen LogP contribution in [0.4, 0.5) is 5.13 Å². The number of aromatic nitrogens is 5. The third kappa shape index (κ3) is 5.87. The van der Waals surface area contributed by atoms with Crippen molar-refractivity contribution in [2.45, 2.75) is 23.1 Å². The van der Waals surface area contributed by atoms with Gasteiger partial charge in [0.2, 0.25) is 11.6 Å². The van der Waals surface area contributed by atoms with E-state index in [1.165, 1.54) is 33.6 Å². The lowest BCUT2D eigenvalue weighted by Gasteiger charge is -2.49.